The first kappa shape index (κ1) is 18.0. The molecule has 1 saturated heterocycles. The zero-order valence-electron chi connectivity index (χ0n) is 17.0. The van der Waals surface area contributed by atoms with Gasteiger partial charge in [-0.15, -0.1) is 0 Å². The number of hydrogen-bond acceptors (Lipinski definition) is 6. The maximum absolute atomic E-state index is 5.55. The molecular weight excluding hydrogens is 364 g/mol. The highest BCUT2D eigenvalue weighted by Crippen LogP contribution is 2.40. The number of ether oxygens (including phenoxy) is 2. The van der Waals surface area contributed by atoms with E-state index in [9.17, 15) is 0 Å². The molecule has 0 atom stereocenters. The third-order valence-electron chi connectivity index (χ3n) is 5.85. The van der Waals surface area contributed by atoms with Crippen LogP contribution in [0.4, 0.5) is 11.5 Å². The molecule has 1 aromatic heterocycles. The van der Waals surface area contributed by atoms with E-state index in [1.807, 2.05) is 18.2 Å². The van der Waals surface area contributed by atoms with Crippen molar-refractivity contribution in [3.05, 3.63) is 48.3 Å². The van der Waals surface area contributed by atoms with E-state index in [2.05, 4.69) is 34.1 Å². The van der Waals surface area contributed by atoms with Crippen LogP contribution in [-0.4, -0.2) is 50.4 Å². The zero-order valence-corrected chi connectivity index (χ0v) is 17.0. The van der Waals surface area contributed by atoms with Gasteiger partial charge < -0.3 is 19.3 Å². The average molecular weight is 390 g/mol. The summed E-state index contributed by atoms with van der Waals surface area (Å²) in [5.41, 5.74) is 2.16. The van der Waals surface area contributed by atoms with E-state index in [0.717, 1.165) is 65.9 Å². The van der Waals surface area contributed by atoms with E-state index in [-0.39, 0.29) is 0 Å². The number of nitrogens with zero attached hydrogens (tertiary/aromatic N) is 4. The van der Waals surface area contributed by atoms with Crippen LogP contribution in [0.25, 0.3) is 10.9 Å². The SMILES string of the molecule is COc1ccc2nc(C3CC3)nc(N3CCN(c4ccccc4OC)CC3)c2c1. The summed E-state index contributed by atoms with van der Waals surface area (Å²) in [6.07, 6.45) is 2.39. The Balaban J connectivity index is 1.45. The molecule has 2 heterocycles. The molecule has 1 aliphatic heterocycles. The Morgan fingerprint density at radius 1 is 0.862 bits per heavy atom. The van der Waals surface area contributed by atoms with Crippen molar-refractivity contribution in [3.8, 4) is 11.5 Å². The lowest BCUT2D eigenvalue weighted by molar-refractivity contribution is 0.413. The Kier molecular flexibility index (Phi) is 4.62. The second-order valence-electron chi connectivity index (χ2n) is 7.71. The van der Waals surface area contributed by atoms with Crippen molar-refractivity contribution in [2.75, 3.05) is 50.2 Å². The van der Waals surface area contributed by atoms with Crippen molar-refractivity contribution < 1.29 is 9.47 Å². The zero-order chi connectivity index (χ0) is 19.8. The number of anilines is 2. The lowest BCUT2D eigenvalue weighted by Gasteiger charge is -2.37. The van der Waals surface area contributed by atoms with Gasteiger partial charge in [-0.2, -0.15) is 0 Å². The van der Waals surface area contributed by atoms with Gasteiger partial charge in [0.15, 0.2) is 0 Å². The minimum Gasteiger partial charge on any atom is -0.497 e. The largest absolute Gasteiger partial charge is 0.497 e. The second-order valence-corrected chi connectivity index (χ2v) is 7.71. The molecule has 0 N–H and O–H groups in total. The van der Waals surface area contributed by atoms with Crippen LogP contribution < -0.4 is 19.3 Å². The lowest BCUT2D eigenvalue weighted by atomic mass is 10.1. The molecule has 5 rings (SSSR count). The number of rotatable bonds is 5. The molecule has 29 heavy (non-hydrogen) atoms. The Bertz CT molecular complexity index is 1030. The van der Waals surface area contributed by atoms with E-state index < -0.39 is 0 Å². The number of fused-ring (bicyclic) bond motifs is 1. The highest BCUT2D eigenvalue weighted by Gasteiger charge is 2.29. The van der Waals surface area contributed by atoms with Gasteiger partial charge in [-0.25, -0.2) is 9.97 Å². The molecule has 6 heteroatoms. The van der Waals surface area contributed by atoms with Crippen LogP contribution >= 0.6 is 0 Å². The third-order valence-corrected chi connectivity index (χ3v) is 5.85. The van der Waals surface area contributed by atoms with E-state index in [4.69, 9.17) is 19.4 Å². The molecule has 1 aliphatic carbocycles. The highest BCUT2D eigenvalue weighted by atomic mass is 16.5. The third kappa shape index (κ3) is 3.43. The molecular formula is C23H26N4O2. The molecule has 0 amide bonds. The van der Waals surface area contributed by atoms with Gasteiger partial charge in [0.1, 0.15) is 23.1 Å². The van der Waals surface area contributed by atoms with Crippen LogP contribution in [0.3, 0.4) is 0 Å². The number of hydrogen-bond donors (Lipinski definition) is 0. The molecule has 0 unspecified atom stereocenters. The first-order valence-electron chi connectivity index (χ1n) is 10.3. The van der Waals surface area contributed by atoms with E-state index >= 15 is 0 Å². The van der Waals surface area contributed by atoms with Crippen LogP contribution in [0.15, 0.2) is 42.5 Å². The predicted octanol–water partition coefficient (Wildman–Crippen LogP) is 3.85. The van der Waals surface area contributed by atoms with Crippen LogP contribution in [0.2, 0.25) is 0 Å². The van der Waals surface area contributed by atoms with Gasteiger partial charge in [0.2, 0.25) is 0 Å². The molecule has 150 valence electrons. The van der Waals surface area contributed by atoms with E-state index in [1.165, 1.54) is 12.8 Å². The van der Waals surface area contributed by atoms with Crippen molar-refractivity contribution in [3.63, 3.8) is 0 Å². The highest BCUT2D eigenvalue weighted by molar-refractivity contribution is 5.91. The fraction of sp³-hybridized carbons (Fsp3) is 0.391. The van der Waals surface area contributed by atoms with E-state index in [0.29, 0.717) is 5.92 Å². The van der Waals surface area contributed by atoms with Crippen molar-refractivity contribution in [1.29, 1.82) is 0 Å². The maximum atomic E-state index is 5.55. The molecule has 0 bridgehead atoms. The van der Waals surface area contributed by atoms with Crippen LogP contribution in [-0.2, 0) is 0 Å². The fourth-order valence-corrected chi connectivity index (χ4v) is 4.05. The van der Waals surface area contributed by atoms with Gasteiger partial charge >= 0.3 is 0 Å². The molecule has 3 aromatic rings. The van der Waals surface area contributed by atoms with E-state index in [1.54, 1.807) is 14.2 Å². The predicted molar refractivity (Wildman–Crippen MR) is 115 cm³/mol. The van der Waals surface area contributed by atoms with Gasteiger partial charge in [-0.05, 0) is 43.2 Å². The van der Waals surface area contributed by atoms with Gasteiger partial charge in [-0.3, -0.25) is 0 Å². The first-order chi connectivity index (χ1) is 14.3. The minimum atomic E-state index is 0.523. The minimum absolute atomic E-state index is 0.523. The Labute approximate surface area is 171 Å². The number of benzene rings is 2. The van der Waals surface area contributed by atoms with Gasteiger partial charge in [0.25, 0.3) is 0 Å². The Morgan fingerprint density at radius 3 is 2.34 bits per heavy atom. The summed E-state index contributed by atoms with van der Waals surface area (Å²) >= 11 is 0. The number of piperazine rings is 1. The standard InChI is InChI=1S/C23H26N4O2/c1-28-17-9-10-19-18(15-17)23(25-22(24-19)16-7-8-16)27-13-11-26(12-14-27)20-5-3-4-6-21(20)29-2/h3-6,9-10,15-16H,7-8,11-14H2,1-2H3. The fourth-order valence-electron chi connectivity index (χ4n) is 4.05. The summed E-state index contributed by atoms with van der Waals surface area (Å²) in [6.45, 7) is 3.67. The van der Waals surface area contributed by atoms with Crippen molar-refractivity contribution >= 4 is 22.4 Å². The second kappa shape index (κ2) is 7.43. The topological polar surface area (TPSA) is 50.7 Å². The summed E-state index contributed by atoms with van der Waals surface area (Å²) in [5, 5.41) is 1.07. The number of methoxy groups -OCH3 is 2. The average Bonchev–Trinajstić information content (AvgIpc) is 3.63. The Morgan fingerprint density at radius 2 is 1.62 bits per heavy atom. The van der Waals surface area contributed by atoms with Gasteiger partial charge in [0, 0.05) is 37.5 Å². The normalized spacial score (nSPS) is 16.9. The summed E-state index contributed by atoms with van der Waals surface area (Å²) in [4.78, 5) is 14.6. The number of aromatic nitrogens is 2. The maximum Gasteiger partial charge on any atom is 0.142 e. The summed E-state index contributed by atoms with van der Waals surface area (Å²) in [6, 6.07) is 14.3. The van der Waals surface area contributed by atoms with Gasteiger partial charge in [0.05, 0.1) is 25.4 Å². The summed E-state index contributed by atoms with van der Waals surface area (Å²) in [5.74, 6) is 4.32. The van der Waals surface area contributed by atoms with Crippen LogP contribution in [0, 0.1) is 0 Å². The monoisotopic (exact) mass is 390 g/mol. The van der Waals surface area contributed by atoms with Crippen molar-refractivity contribution in [1.82, 2.24) is 9.97 Å². The molecule has 0 spiro atoms. The summed E-state index contributed by atoms with van der Waals surface area (Å²) < 4.78 is 11.0. The molecule has 1 saturated carbocycles. The molecule has 6 nitrogen and oxygen atoms in total. The van der Waals surface area contributed by atoms with Gasteiger partial charge in [-0.1, -0.05) is 12.1 Å². The van der Waals surface area contributed by atoms with Crippen LogP contribution in [0.1, 0.15) is 24.6 Å². The number of para-hydroxylation sites is 2. The smallest absolute Gasteiger partial charge is 0.142 e. The Hall–Kier alpha value is -3.02. The summed E-state index contributed by atoms with van der Waals surface area (Å²) in [7, 11) is 3.43. The van der Waals surface area contributed by atoms with Crippen molar-refractivity contribution in [2.45, 2.75) is 18.8 Å². The lowest BCUT2D eigenvalue weighted by Crippen LogP contribution is -2.47. The van der Waals surface area contributed by atoms with Crippen LogP contribution in [0.5, 0.6) is 11.5 Å². The first-order valence-corrected chi connectivity index (χ1v) is 10.3. The molecule has 0 radical (unpaired) electrons. The molecule has 2 aliphatic rings. The van der Waals surface area contributed by atoms with Crippen molar-refractivity contribution in [2.24, 2.45) is 0 Å². The molecule has 2 fully saturated rings. The molecule has 2 aromatic carbocycles. The quantitative estimate of drug-likeness (QED) is 0.660.